The standard InChI is InChI=1S/C19H21FO5/c1-5-23-16-7-6-8-17(25-19(21)22-4)14(16)11-24-18-10-15(20)12(2)9-13(18)3/h6-10H,5,11H2,1-4H3. The fourth-order valence-electron chi connectivity index (χ4n) is 2.32. The van der Waals surface area contributed by atoms with Crippen molar-refractivity contribution < 1.29 is 28.1 Å². The summed E-state index contributed by atoms with van der Waals surface area (Å²) in [5.41, 5.74) is 1.90. The van der Waals surface area contributed by atoms with E-state index in [1.807, 2.05) is 13.8 Å². The Morgan fingerprint density at radius 1 is 1.04 bits per heavy atom. The van der Waals surface area contributed by atoms with Crippen LogP contribution in [-0.2, 0) is 11.3 Å². The number of benzene rings is 2. The third-order valence-corrected chi connectivity index (χ3v) is 3.58. The van der Waals surface area contributed by atoms with Gasteiger partial charge >= 0.3 is 6.16 Å². The quantitative estimate of drug-likeness (QED) is 0.565. The smallest absolute Gasteiger partial charge is 0.493 e. The summed E-state index contributed by atoms with van der Waals surface area (Å²) in [6, 6.07) is 8.11. The highest BCUT2D eigenvalue weighted by molar-refractivity contribution is 5.65. The Morgan fingerprint density at radius 3 is 2.44 bits per heavy atom. The fraction of sp³-hybridized carbons (Fsp3) is 0.316. The normalized spacial score (nSPS) is 10.3. The third-order valence-electron chi connectivity index (χ3n) is 3.58. The first-order valence-corrected chi connectivity index (χ1v) is 7.86. The number of rotatable bonds is 6. The monoisotopic (exact) mass is 348 g/mol. The van der Waals surface area contributed by atoms with Crippen LogP contribution in [0.1, 0.15) is 23.6 Å². The van der Waals surface area contributed by atoms with E-state index < -0.39 is 6.16 Å². The van der Waals surface area contributed by atoms with E-state index in [1.54, 1.807) is 31.2 Å². The molecule has 0 saturated heterocycles. The largest absolute Gasteiger partial charge is 0.513 e. The van der Waals surface area contributed by atoms with E-state index in [9.17, 15) is 9.18 Å². The average molecular weight is 348 g/mol. The lowest BCUT2D eigenvalue weighted by Gasteiger charge is -2.16. The third kappa shape index (κ3) is 4.62. The van der Waals surface area contributed by atoms with E-state index in [1.165, 1.54) is 13.2 Å². The van der Waals surface area contributed by atoms with Gasteiger partial charge in [0, 0.05) is 6.07 Å². The lowest BCUT2D eigenvalue weighted by molar-refractivity contribution is 0.120. The first-order chi connectivity index (χ1) is 12.0. The molecule has 0 unspecified atom stereocenters. The van der Waals surface area contributed by atoms with Crippen LogP contribution < -0.4 is 14.2 Å². The van der Waals surface area contributed by atoms with Crippen LogP contribution in [0.25, 0.3) is 0 Å². The molecule has 6 heteroatoms. The van der Waals surface area contributed by atoms with Crippen molar-refractivity contribution in [2.45, 2.75) is 27.4 Å². The van der Waals surface area contributed by atoms with Gasteiger partial charge in [-0.3, -0.25) is 0 Å². The topological polar surface area (TPSA) is 54.0 Å². The molecule has 0 aliphatic rings. The van der Waals surface area contributed by atoms with E-state index in [0.717, 1.165) is 5.56 Å². The molecule has 0 amide bonds. The van der Waals surface area contributed by atoms with Crippen LogP contribution in [0.15, 0.2) is 30.3 Å². The first kappa shape index (κ1) is 18.6. The maximum atomic E-state index is 13.8. The summed E-state index contributed by atoms with van der Waals surface area (Å²) in [6.45, 7) is 5.86. The second-order valence-corrected chi connectivity index (χ2v) is 5.38. The summed E-state index contributed by atoms with van der Waals surface area (Å²) in [6.07, 6.45) is -0.840. The molecule has 134 valence electrons. The molecule has 5 nitrogen and oxygen atoms in total. The molecule has 0 saturated carbocycles. The zero-order valence-corrected chi connectivity index (χ0v) is 14.7. The van der Waals surface area contributed by atoms with E-state index >= 15 is 0 Å². The summed E-state index contributed by atoms with van der Waals surface area (Å²) >= 11 is 0. The highest BCUT2D eigenvalue weighted by atomic mass is 19.1. The van der Waals surface area contributed by atoms with Crippen LogP contribution >= 0.6 is 0 Å². The highest BCUT2D eigenvalue weighted by Gasteiger charge is 2.16. The van der Waals surface area contributed by atoms with Crippen LogP contribution in [-0.4, -0.2) is 19.9 Å². The van der Waals surface area contributed by atoms with Crippen molar-refractivity contribution in [2.75, 3.05) is 13.7 Å². The molecule has 0 aromatic heterocycles. The Hall–Kier alpha value is -2.76. The average Bonchev–Trinajstić information content (AvgIpc) is 2.58. The van der Waals surface area contributed by atoms with Gasteiger partial charge in [0.2, 0.25) is 0 Å². The van der Waals surface area contributed by atoms with Gasteiger partial charge < -0.3 is 18.9 Å². The van der Waals surface area contributed by atoms with Gasteiger partial charge in [0.15, 0.2) is 0 Å². The fourth-order valence-corrected chi connectivity index (χ4v) is 2.32. The molecule has 0 spiro atoms. The van der Waals surface area contributed by atoms with Crippen molar-refractivity contribution in [1.82, 2.24) is 0 Å². The van der Waals surface area contributed by atoms with Gasteiger partial charge in [-0.1, -0.05) is 6.07 Å². The van der Waals surface area contributed by atoms with Crippen molar-refractivity contribution in [3.63, 3.8) is 0 Å². The predicted octanol–water partition coefficient (Wildman–Crippen LogP) is 4.57. The maximum Gasteiger partial charge on any atom is 0.513 e. The zero-order chi connectivity index (χ0) is 18.4. The van der Waals surface area contributed by atoms with Crippen LogP contribution in [0, 0.1) is 19.7 Å². The van der Waals surface area contributed by atoms with Crippen molar-refractivity contribution in [3.05, 3.63) is 52.8 Å². The molecule has 2 aromatic carbocycles. The van der Waals surface area contributed by atoms with Gasteiger partial charge in [-0.25, -0.2) is 9.18 Å². The summed E-state index contributed by atoms with van der Waals surface area (Å²) < 4.78 is 34.8. The molecule has 25 heavy (non-hydrogen) atoms. The SMILES string of the molecule is CCOc1cccc(OC(=O)OC)c1COc1cc(F)c(C)cc1C. The van der Waals surface area contributed by atoms with Gasteiger partial charge in [0.25, 0.3) is 0 Å². The molecule has 0 atom stereocenters. The molecule has 0 fully saturated rings. The Morgan fingerprint density at radius 2 is 1.76 bits per heavy atom. The minimum atomic E-state index is -0.840. The van der Waals surface area contributed by atoms with Crippen LogP contribution in [0.2, 0.25) is 0 Å². The van der Waals surface area contributed by atoms with Gasteiger partial charge in [-0.05, 0) is 50.1 Å². The molecule has 0 heterocycles. The summed E-state index contributed by atoms with van der Waals surface area (Å²) in [7, 11) is 1.23. The predicted molar refractivity (Wildman–Crippen MR) is 90.9 cm³/mol. The van der Waals surface area contributed by atoms with Crippen molar-refractivity contribution in [3.8, 4) is 17.2 Å². The molecule has 2 aromatic rings. The molecule has 0 bridgehead atoms. The number of carbonyl (C=O) groups excluding carboxylic acids is 1. The van der Waals surface area contributed by atoms with Gasteiger partial charge in [0.1, 0.15) is 29.7 Å². The van der Waals surface area contributed by atoms with Gasteiger partial charge in [-0.15, -0.1) is 0 Å². The Balaban J connectivity index is 2.30. The second-order valence-electron chi connectivity index (χ2n) is 5.38. The number of carbonyl (C=O) groups is 1. The van der Waals surface area contributed by atoms with E-state index in [0.29, 0.717) is 29.2 Å². The van der Waals surface area contributed by atoms with Gasteiger partial charge in [-0.2, -0.15) is 0 Å². The van der Waals surface area contributed by atoms with E-state index in [2.05, 4.69) is 4.74 Å². The molecule has 0 radical (unpaired) electrons. The molecule has 0 N–H and O–H groups in total. The van der Waals surface area contributed by atoms with E-state index in [4.69, 9.17) is 14.2 Å². The van der Waals surface area contributed by atoms with Crippen LogP contribution in [0.4, 0.5) is 9.18 Å². The Kier molecular flexibility index (Phi) is 6.22. The minimum Gasteiger partial charge on any atom is -0.493 e. The minimum absolute atomic E-state index is 0.0475. The zero-order valence-electron chi connectivity index (χ0n) is 14.7. The molecular weight excluding hydrogens is 327 g/mol. The Bertz CT molecular complexity index is 758. The number of hydrogen-bond donors (Lipinski definition) is 0. The van der Waals surface area contributed by atoms with Crippen molar-refractivity contribution >= 4 is 6.16 Å². The van der Waals surface area contributed by atoms with Crippen LogP contribution in [0.3, 0.4) is 0 Å². The number of ether oxygens (including phenoxy) is 4. The maximum absolute atomic E-state index is 13.8. The summed E-state index contributed by atoms with van der Waals surface area (Å²) in [5.74, 6) is 0.861. The van der Waals surface area contributed by atoms with Crippen molar-refractivity contribution in [2.24, 2.45) is 0 Å². The number of aryl methyl sites for hydroxylation is 2. The first-order valence-electron chi connectivity index (χ1n) is 7.86. The van der Waals surface area contributed by atoms with E-state index in [-0.39, 0.29) is 18.2 Å². The summed E-state index contributed by atoms with van der Waals surface area (Å²) in [4.78, 5) is 11.4. The molecule has 0 aliphatic heterocycles. The lowest BCUT2D eigenvalue weighted by Crippen LogP contribution is -2.11. The molecule has 2 rings (SSSR count). The number of halogens is 1. The molecule has 0 aliphatic carbocycles. The highest BCUT2D eigenvalue weighted by Crippen LogP contribution is 2.31. The second kappa shape index (κ2) is 8.37. The number of methoxy groups -OCH3 is 1. The lowest BCUT2D eigenvalue weighted by atomic mass is 10.1. The van der Waals surface area contributed by atoms with Crippen LogP contribution in [0.5, 0.6) is 17.2 Å². The van der Waals surface area contributed by atoms with Crippen molar-refractivity contribution in [1.29, 1.82) is 0 Å². The molecular formula is C19H21FO5. The Labute approximate surface area is 146 Å². The van der Waals surface area contributed by atoms with Gasteiger partial charge in [0.05, 0.1) is 19.3 Å². The number of hydrogen-bond acceptors (Lipinski definition) is 5. The summed E-state index contributed by atoms with van der Waals surface area (Å²) in [5, 5.41) is 0.